The molecule has 160 valence electrons. The standard InChI is InChI=1S/C24H29Cl2N3O/c1-16(2)28-9-10-29(15-30)24(14-28)19-4-5-20-18(13-19)7-8-27-23(20)12-17-3-6-21(25)22(26)11-17/h3-6,11,13,15-16,23-24,27H,7-10,12,14H2,1-2H3. The maximum atomic E-state index is 11.7. The number of rotatable bonds is 5. The fraction of sp³-hybridized carbons (Fsp3) is 0.458. The summed E-state index contributed by atoms with van der Waals surface area (Å²) in [6.45, 7) is 8.00. The van der Waals surface area contributed by atoms with Gasteiger partial charge in [-0.15, -0.1) is 0 Å². The van der Waals surface area contributed by atoms with Crippen LogP contribution in [-0.4, -0.2) is 48.4 Å². The molecule has 2 atom stereocenters. The Morgan fingerprint density at radius 1 is 1.13 bits per heavy atom. The summed E-state index contributed by atoms with van der Waals surface area (Å²) in [5.74, 6) is 0. The lowest BCUT2D eigenvalue weighted by Crippen LogP contribution is -2.50. The first-order chi connectivity index (χ1) is 14.5. The van der Waals surface area contributed by atoms with Crippen LogP contribution in [0.2, 0.25) is 10.0 Å². The van der Waals surface area contributed by atoms with E-state index in [-0.39, 0.29) is 12.1 Å². The quantitative estimate of drug-likeness (QED) is 0.680. The topological polar surface area (TPSA) is 35.6 Å². The van der Waals surface area contributed by atoms with Gasteiger partial charge in [-0.2, -0.15) is 0 Å². The number of hydrogen-bond donors (Lipinski definition) is 1. The van der Waals surface area contributed by atoms with Gasteiger partial charge in [0.1, 0.15) is 0 Å². The second-order valence-corrected chi connectivity index (χ2v) is 9.43. The Morgan fingerprint density at radius 3 is 2.70 bits per heavy atom. The third kappa shape index (κ3) is 4.52. The molecule has 1 amide bonds. The minimum absolute atomic E-state index is 0.118. The van der Waals surface area contributed by atoms with Gasteiger partial charge in [0.15, 0.2) is 0 Å². The molecule has 0 bridgehead atoms. The molecule has 2 aromatic rings. The lowest BCUT2D eigenvalue weighted by atomic mass is 9.87. The monoisotopic (exact) mass is 445 g/mol. The van der Waals surface area contributed by atoms with Gasteiger partial charge in [0, 0.05) is 31.7 Å². The van der Waals surface area contributed by atoms with Gasteiger partial charge in [-0.1, -0.05) is 47.5 Å². The summed E-state index contributed by atoms with van der Waals surface area (Å²) < 4.78 is 0. The predicted octanol–water partition coefficient (Wildman–Crippen LogP) is 4.65. The van der Waals surface area contributed by atoms with Crippen molar-refractivity contribution in [1.82, 2.24) is 15.1 Å². The highest BCUT2D eigenvalue weighted by molar-refractivity contribution is 6.42. The van der Waals surface area contributed by atoms with E-state index < -0.39 is 0 Å². The van der Waals surface area contributed by atoms with Crippen molar-refractivity contribution < 1.29 is 4.79 Å². The highest BCUT2D eigenvalue weighted by Crippen LogP contribution is 2.32. The molecule has 4 nitrogen and oxygen atoms in total. The summed E-state index contributed by atoms with van der Waals surface area (Å²) in [6, 6.07) is 13.5. The van der Waals surface area contributed by atoms with Crippen LogP contribution in [0.1, 0.15) is 48.2 Å². The van der Waals surface area contributed by atoms with E-state index in [1.807, 2.05) is 23.1 Å². The molecule has 4 rings (SSSR count). The first-order valence-corrected chi connectivity index (χ1v) is 11.5. The van der Waals surface area contributed by atoms with Crippen LogP contribution in [0.5, 0.6) is 0 Å². The molecule has 0 spiro atoms. The van der Waals surface area contributed by atoms with Crippen molar-refractivity contribution >= 4 is 29.6 Å². The Morgan fingerprint density at radius 2 is 1.97 bits per heavy atom. The molecule has 1 N–H and O–H groups in total. The molecule has 1 fully saturated rings. The largest absolute Gasteiger partial charge is 0.336 e. The van der Waals surface area contributed by atoms with E-state index >= 15 is 0 Å². The van der Waals surface area contributed by atoms with Gasteiger partial charge in [-0.3, -0.25) is 9.69 Å². The van der Waals surface area contributed by atoms with Crippen molar-refractivity contribution in [3.8, 4) is 0 Å². The van der Waals surface area contributed by atoms with Crippen LogP contribution in [0.15, 0.2) is 36.4 Å². The average molecular weight is 446 g/mol. The number of amides is 1. The predicted molar refractivity (Wildman–Crippen MR) is 123 cm³/mol. The van der Waals surface area contributed by atoms with Gasteiger partial charge in [0.25, 0.3) is 0 Å². The van der Waals surface area contributed by atoms with E-state index in [0.717, 1.165) is 45.4 Å². The van der Waals surface area contributed by atoms with Crippen molar-refractivity contribution in [2.75, 3.05) is 26.2 Å². The molecule has 0 aromatic heterocycles. The fourth-order valence-corrected chi connectivity index (χ4v) is 5.00. The van der Waals surface area contributed by atoms with E-state index in [2.05, 4.69) is 42.3 Å². The molecule has 2 aliphatic heterocycles. The van der Waals surface area contributed by atoms with E-state index in [4.69, 9.17) is 23.2 Å². The molecule has 2 heterocycles. The lowest BCUT2D eigenvalue weighted by Gasteiger charge is -2.42. The molecule has 0 aliphatic carbocycles. The van der Waals surface area contributed by atoms with Crippen LogP contribution in [0, 0.1) is 0 Å². The SMILES string of the molecule is CC(C)N1CCN(C=O)C(c2ccc3c(c2)CCNC3Cc2ccc(Cl)c(Cl)c2)C1. The van der Waals surface area contributed by atoms with Gasteiger partial charge in [0.2, 0.25) is 6.41 Å². The van der Waals surface area contributed by atoms with Gasteiger partial charge in [-0.25, -0.2) is 0 Å². The highest BCUT2D eigenvalue weighted by atomic mass is 35.5. The summed E-state index contributed by atoms with van der Waals surface area (Å²) in [7, 11) is 0. The maximum absolute atomic E-state index is 11.7. The zero-order chi connectivity index (χ0) is 21.3. The van der Waals surface area contributed by atoms with Gasteiger partial charge < -0.3 is 10.2 Å². The fourth-order valence-electron chi connectivity index (χ4n) is 4.67. The maximum Gasteiger partial charge on any atom is 0.210 e. The summed E-state index contributed by atoms with van der Waals surface area (Å²) in [4.78, 5) is 16.1. The highest BCUT2D eigenvalue weighted by Gasteiger charge is 2.30. The molecule has 0 radical (unpaired) electrons. The normalized spacial score (nSPS) is 22.2. The Kier molecular flexibility index (Phi) is 6.69. The molecular weight excluding hydrogens is 417 g/mol. The van der Waals surface area contributed by atoms with Crippen LogP contribution >= 0.6 is 23.2 Å². The van der Waals surface area contributed by atoms with Crippen molar-refractivity contribution in [3.05, 3.63) is 68.7 Å². The van der Waals surface area contributed by atoms with Crippen molar-refractivity contribution in [1.29, 1.82) is 0 Å². The van der Waals surface area contributed by atoms with E-state index in [9.17, 15) is 4.79 Å². The lowest BCUT2D eigenvalue weighted by molar-refractivity contribution is -0.123. The molecule has 1 saturated heterocycles. The van der Waals surface area contributed by atoms with Crippen LogP contribution < -0.4 is 5.32 Å². The minimum Gasteiger partial charge on any atom is -0.336 e. The molecule has 0 saturated carbocycles. The Hall–Kier alpha value is -1.59. The smallest absolute Gasteiger partial charge is 0.210 e. The molecule has 2 unspecified atom stereocenters. The number of piperazine rings is 1. The number of carbonyl (C=O) groups is 1. The van der Waals surface area contributed by atoms with E-state index in [1.165, 1.54) is 22.3 Å². The van der Waals surface area contributed by atoms with Crippen LogP contribution in [-0.2, 0) is 17.6 Å². The summed E-state index contributed by atoms with van der Waals surface area (Å²) >= 11 is 12.3. The molecule has 30 heavy (non-hydrogen) atoms. The third-order valence-electron chi connectivity index (χ3n) is 6.46. The Balaban J connectivity index is 1.57. The number of carbonyl (C=O) groups excluding carboxylic acids is 1. The first-order valence-electron chi connectivity index (χ1n) is 10.7. The number of nitrogens with one attached hydrogen (secondary N) is 1. The number of benzene rings is 2. The van der Waals surface area contributed by atoms with E-state index in [0.29, 0.717) is 16.1 Å². The number of fused-ring (bicyclic) bond motifs is 1. The Labute approximate surface area is 189 Å². The van der Waals surface area contributed by atoms with Crippen LogP contribution in [0.3, 0.4) is 0 Å². The number of halogens is 2. The second kappa shape index (κ2) is 9.27. The zero-order valence-corrected chi connectivity index (χ0v) is 19.1. The van der Waals surface area contributed by atoms with Crippen molar-refractivity contribution in [2.24, 2.45) is 0 Å². The molecule has 2 aliphatic rings. The van der Waals surface area contributed by atoms with Crippen molar-refractivity contribution in [3.63, 3.8) is 0 Å². The summed E-state index contributed by atoms with van der Waals surface area (Å²) in [5.41, 5.74) is 5.13. The van der Waals surface area contributed by atoms with Gasteiger partial charge >= 0.3 is 0 Å². The molecular formula is C24H29Cl2N3O. The average Bonchev–Trinajstić information content (AvgIpc) is 2.75. The van der Waals surface area contributed by atoms with E-state index in [1.54, 1.807) is 0 Å². The first kappa shape index (κ1) is 21.6. The third-order valence-corrected chi connectivity index (χ3v) is 7.19. The molecule has 2 aromatic carbocycles. The number of nitrogens with zero attached hydrogens (tertiary/aromatic N) is 2. The van der Waals surface area contributed by atoms with Crippen molar-refractivity contribution in [2.45, 2.75) is 44.8 Å². The van der Waals surface area contributed by atoms with Gasteiger partial charge in [-0.05, 0) is 67.6 Å². The van der Waals surface area contributed by atoms with Crippen LogP contribution in [0.25, 0.3) is 0 Å². The summed E-state index contributed by atoms with van der Waals surface area (Å²) in [6.07, 6.45) is 2.88. The van der Waals surface area contributed by atoms with Crippen LogP contribution in [0.4, 0.5) is 0 Å². The Bertz CT molecular complexity index is 917. The van der Waals surface area contributed by atoms with Gasteiger partial charge in [0.05, 0.1) is 16.1 Å². The summed E-state index contributed by atoms with van der Waals surface area (Å²) in [5, 5.41) is 4.83. The zero-order valence-electron chi connectivity index (χ0n) is 17.6. The number of hydrogen-bond acceptors (Lipinski definition) is 3. The second-order valence-electron chi connectivity index (χ2n) is 8.62. The minimum atomic E-state index is 0.118. The molecule has 6 heteroatoms.